The van der Waals surface area contributed by atoms with Gasteiger partial charge in [0, 0.05) is 17.7 Å². The zero-order valence-corrected chi connectivity index (χ0v) is 15.3. The maximum atomic E-state index is 12.2. The van der Waals surface area contributed by atoms with Crippen LogP contribution in [-0.4, -0.2) is 17.3 Å². The van der Waals surface area contributed by atoms with Gasteiger partial charge in [-0.2, -0.15) is 0 Å². The van der Waals surface area contributed by atoms with Crippen LogP contribution in [0.25, 0.3) is 0 Å². The summed E-state index contributed by atoms with van der Waals surface area (Å²) >= 11 is 0. The molecule has 0 saturated carbocycles. The van der Waals surface area contributed by atoms with E-state index in [0.29, 0.717) is 13.0 Å². The topological polar surface area (TPSA) is 67.1 Å². The SMILES string of the molecule is COc1cccc(COc2ccccc2Cc2c(C(C)C)[nH][nH]c2=O)c1. The Kier molecular flexibility index (Phi) is 5.46. The largest absolute Gasteiger partial charge is 0.497 e. The van der Waals surface area contributed by atoms with Gasteiger partial charge in [0.2, 0.25) is 0 Å². The number of methoxy groups -OCH3 is 1. The predicted molar refractivity (Wildman–Crippen MR) is 102 cm³/mol. The van der Waals surface area contributed by atoms with E-state index in [1.54, 1.807) is 7.11 Å². The minimum atomic E-state index is -0.0729. The van der Waals surface area contributed by atoms with E-state index in [9.17, 15) is 4.79 Å². The third kappa shape index (κ3) is 3.99. The first-order chi connectivity index (χ1) is 12.6. The van der Waals surface area contributed by atoms with E-state index in [0.717, 1.165) is 33.9 Å². The first-order valence-electron chi connectivity index (χ1n) is 8.71. The second kappa shape index (κ2) is 7.95. The van der Waals surface area contributed by atoms with E-state index < -0.39 is 0 Å². The molecule has 1 heterocycles. The van der Waals surface area contributed by atoms with Gasteiger partial charge in [0.15, 0.2) is 0 Å². The lowest BCUT2D eigenvalue weighted by atomic mass is 9.99. The molecule has 3 rings (SSSR count). The molecule has 1 aromatic heterocycles. The number of ether oxygens (including phenoxy) is 2. The summed E-state index contributed by atoms with van der Waals surface area (Å²) < 4.78 is 11.3. The molecule has 0 saturated heterocycles. The number of hydrogen-bond donors (Lipinski definition) is 2. The van der Waals surface area contributed by atoms with Crippen LogP contribution in [-0.2, 0) is 13.0 Å². The van der Waals surface area contributed by atoms with Crippen molar-refractivity contribution in [2.45, 2.75) is 32.8 Å². The summed E-state index contributed by atoms with van der Waals surface area (Å²) in [5.74, 6) is 1.83. The van der Waals surface area contributed by atoms with Gasteiger partial charge >= 0.3 is 0 Å². The number of aromatic amines is 2. The van der Waals surface area contributed by atoms with Crippen LogP contribution >= 0.6 is 0 Å². The third-order valence-electron chi connectivity index (χ3n) is 4.36. The van der Waals surface area contributed by atoms with Crippen molar-refractivity contribution >= 4 is 0 Å². The fraction of sp³-hybridized carbons (Fsp3) is 0.286. The Bertz CT molecular complexity index is 925. The van der Waals surface area contributed by atoms with E-state index in [2.05, 4.69) is 24.0 Å². The molecule has 0 amide bonds. The van der Waals surface area contributed by atoms with Gasteiger partial charge in [0.1, 0.15) is 18.1 Å². The molecule has 5 nitrogen and oxygen atoms in total. The summed E-state index contributed by atoms with van der Waals surface area (Å²) in [4.78, 5) is 12.2. The van der Waals surface area contributed by atoms with E-state index in [4.69, 9.17) is 9.47 Å². The molecule has 0 unspecified atom stereocenters. The second-order valence-electron chi connectivity index (χ2n) is 6.55. The molecule has 136 valence electrons. The highest BCUT2D eigenvalue weighted by Crippen LogP contribution is 2.25. The molecule has 0 fully saturated rings. The van der Waals surface area contributed by atoms with Gasteiger partial charge in [-0.25, -0.2) is 0 Å². The Morgan fingerprint density at radius 3 is 2.62 bits per heavy atom. The highest BCUT2D eigenvalue weighted by molar-refractivity contribution is 5.39. The van der Waals surface area contributed by atoms with Crippen LogP contribution in [0.3, 0.4) is 0 Å². The van der Waals surface area contributed by atoms with E-state index >= 15 is 0 Å². The van der Waals surface area contributed by atoms with Crippen LogP contribution in [0.15, 0.2) is 53.3 Å². The molecule has 0 radical (unpaired) electrons. The average molecular weight is 352 g/mol. The van der Waals surface area contributed by atoms with Crippen LogP contribution in [0.5, 0.6) is 11.5 Å². The number of aromatic nitrogens is 2. The summed E-state index contributed by atoms with van der Waals surface area (Å²) in [7, 11) is 1.65. The van der Waals surface area contributed by atoms with Crippen LogP contribution in [0.4, 0.5) is 0 Å². The Balaban J connectivity index is 1.80. The molecular formula is C21H24N2O3. The Morgan fingerprint density at radius 2 is 1.85 bits per heavy atom. The van der Waals surface area contributed by atoms with Crippen molar-refractivity contribution in [1.82, 2.24) is 10.2 Å². The minimum Gasteiger partial charge on any atom is -0.497 e. The lowest BCUT2D eigenvalue weighted by Gasteiger charge is -2.12. The molecule has 0 atom stereocenters. The van der Waals surface area contributed by atoms with Crippen molar-refractivity contribution in [3.63, 3.8) is 0 Å². The summed E-state index contributed by atoms with van der Waals surface area (Å²) in [6, 6.07) is 15.6. The monoisotopic (exact) mass is 352 g/mol. The number of para-hydroxylation sites is 1. The average Bonchev–Trinajstić information content (AvgIpc) is 3.02. The van der Waals surface area contributed by atoms with Crippen LogP contribution < -0.4 is 15.0 Å². The fourth-order valence-electron chi connectivity index (χ4n) is 2.97. The molecule has 0 aliphatic carbocycles. The summed E-state index contributed by atoms with van der Waals surface area (Å²) in [5, 5.41) is 5.69. The number of hydrogen-bond acceptors (Lipinski definition) is 3. The number of nitrogens with one attached hydrogen (secondary N) is 2. The zero-order chi connectivity index (χ0) is 18.5. The van der Waals surface area contributed by atoms with Crippen molar-refractivity contribution in [3.05, 3.63) is 81.3 Å². The number of rotatable bonds is 7. The Hall–Kier alpha value is -2.95. The molecule has 5 heteroatoms. The molecule has 26 heavy (non-hydrogen) atoms. The van der Waals surface area contributed by atoms with Crippen molar-refractivity contribution in [2.75, 3.05) is 7.11 Å². The molecule has 0 bridgehead atoms. The second-order valence-corrected chi connectivity index (χ2v) is 6.55. The third-order valence-corrected chi connectivity index (χ3v) is 4.36. The predicted octanol–water partition coefficient (Wildman–Crippen LogP) is 4.00. The molecule has 0 aliphatic heterocycles. The van der Waals surface area contributed by atoms with Gasteiger partial charge < -0.3 is 14.6 Å². The lowest BCUT2D eigenvalue weighted by molar-refractivity contribution is 0.302. The van der Waals surface area contributed by atoms with Gasteiger partial charge in [0.05, 0.1) is 7.11 Å². The number of benzene rings is 2. The van der Waals surface area contributed by atoms with Gasteiger partial charge in [0.25, 0.3) is 5.56 Å². The minimum absolute atomic E-state index is 0.0729. The molecule has 2 aromatic carbocycles. The smallest absolute Gasteiger partial charge is 0.267 e. The van der Waals surface area contributed by atoms with E-state index in [1.165, 1.54) is 0 Å². The summed E-state index contributed by atoms with van der Waals surface area (Å²) in [5.41, 5.74) is 3.65. The van der Waals surface area contributed by atoms with Gasteiger partial charge in [-0.05, 0) is 35.2 Å². The Morgan fingerprint density at radius 1 is 1.04 bits per heavy atom. The molecule has 0 aliphatic rings. The van der Waals surface area contributed by atoms with Crippen LogP contribution in [0.1, 0.15) is 42.1 Å². The van der Waals surface area contributed by atoms with Crippen molar-refractivity contribution < 1.29 is 9.47 Å². The normalized spacial score (nSPS) is 10.9. The standard InChI is InChI=1S/C21H24N2O3/c1-14(2)20-18(21(24)23-22-20)12-16-8-4-5-10-19(16)26-13-15-7-6-9-17(11-15)25-3/h4-11,14H,12-13H2,1-3H3,(H2,22,23,24). The molecular weight excluding hydrogens is 328 g/mol. The van der Waals surface area contributed by atoms with Gasteiger partial charge in [-0.3, -0.25) is 9.89 Å². The van der Waals surface area contributed by atoms with Crippen LogP contribution in [0.2, 0.25) is 0 Å². The van der Waals surface area contributed by atoms with Crippen molar-refractivity contribution in [2.24, 2.45) is 0 Å². The zero-order valence-electron chi connectivity index (χ0n) is 15.3. The van der Waals surface area contributed by atoms with E-state index in [-0.39, 0.29) is 11.5 Å². The van der Waals surface area contributed by atoms with E-state index in [1.807, 2.05) is 48.5 Å². The summed E-state index contributed by atoms with van der Waals surface area (Å²) in [6.45, 7) is 4.57. The van der Waals surface area contributed by atoms with Crippen LogP contribution in [0, 0.1) is 0 Å². The molecule has 2 N–H and O–H groups in total. The highest BCUT2D eigenvalue weighted by Gasteiger charge is 2.15. The Labute approximate surface area is 153 Å². The highest BCUT2D eigenvalue weighted by atomic mass is 16.5. The van der Waals surface area contributed by atoms with Gasteiger partial charge in [-0.15, -0.1) is 0 Å². The van der Waals surface area contributed by atoms with Crippen molar-refractivity contribution in [3.8, 4) is 11.5 Å². The van der Waals surface area contributed by atoms with Crippen molar-refractivity contribution in [1.29, 1.82) is 0 Å². The fourth-order valence-corrected chi connectivity index (χ4v) is 2.97. The molecule has 3 aromatic rings. The summed E-state index contributed by atoms with van der Waals surface area (Å²) in [6.07, 6.45) is 0.528. The maximum absolute atomic E-state index is 12.2. The first-order valence-corrected chi connectivity index (χ1v) is 8.71. The first kappa shape index (κ1) is 17.9. The van der Waals surface area contributed by atoms with Gasteiger partial charge in [-0.1, -0.05) is 44.2 Å². The number of H-pyrrole nitrogens is 2. The quantitative estimate of drug-likeness (QED) is 0.675. The lowest BCUT2D eigenvalue weighted by Crippen LogP contribution is -2.09. The molecule has 0 spiro atoms. The maximum Gasteiger partial charge on any atom is 0.267 e.